The summed E-state index contributed by atoms with van der Waals surface area (Å²) >= 11 is 0. The van der Waals surface area contributed by atoms with E-state index in [-0.39, 0.29) is 0 Å². The molecule has 0 amide bonds. The molecule has 0 unspecified atom stereocenters. The number of hydrogen-bond donors (Lipinski definition) is 1. The van der Waals surface area contributed by atoms with Gasteiger partial charge in [-0.25, -0.2) is 9.98 Å². The molecule has 0 saturated heterocycles. The van der Waals surface area contributed by atoms with Crippen LogP contribution in [0.2, 0.25) is 0 Å². The first-order chi connectivity index (χ1) is 10.4. The van der Waals surface area contributed by atoms with Gasteiger partial charge in [-0.05, 0) is 18.2 Å². The van der Waals surface area contributed by atoms with Crippen molar-refractivity contribution in [3.63, 3.8) is 0 Å². The smallest absolute Gasteiger partial charge is 0.176 e. The number of aromatic nitrogens is 1. The van der Waals surface area contributed by atoms with Gasteiger partial charge in [0.25, 0.3) is 0 Å². The monoisotopic (exact) mass is 271 g/mol. The molecule has 1 aliphatic rings. The van der Waals surface area contributed by atoms with E-state index in [2.05, 4.69) is 34.6 Å². The molecule has 1 aromatic heterocycles. The number of pyridine rings is 1. The SMILES string of the molecule is c1ccc(C2=Nc3ncccc3Nc3ccccc32)cc1. The van der Waals surface area contributed by atoms with Crippen molar-refractivity contribution < 1.29 is 0 Å². The zero-order chi connectivity index (χ0) is 14.1. The largest absolute Gasteiger partial charge is 0.352 e. The van der Waals surface area contributed by atoms with Crippen LogP contribution in [0.15, 0.2) is 77.9 Å². The molecule has 0 atom stereocenters. The highest BCUT2D eigenvalue weighted by atomic mass is 15.0. The second-order valence-electron chi connectivity index (χ2n) is 4.87. The van der Waals surface area contributed by atoms with E-state index in [4.69, 9.17) is 4.99 Å². The van der Waals surface area contributed by atoms with E-state index in [0.29, 0.717) is 5.82 Å². The molecule has 0 radical (unpaired) electrons. The molecule has 4 rings (SSSR count). The lowest BCUT2D eigenvalue weighted by molar-refractivity contribution is 1.28. The zero-order valence-electron chi connectivity index (χ0n) is 11.3. The van der Waals surface area contributed by atoms with E-state index >= 15 is 0 Å². The van der Waals surface area contributed by atoms with E-state index in [1.807, 2.05) is 42.5 Å². The van der Waals surface area contributed by atoms with Crippen LogP contribution >= 0.6 is 0 Å². The van der Waals surface area contributed by atoms with E-state index in [0.717, 1.165) is 28.2 Å². The molecule has 3 heteroatoms. The third kappa shape index (κ3) is 2.09. The maximum Gasteiger partial charge on any atom is 0.176 e. The molecule has 0 saturated carbocycles. The van der Waals surface area contributed by atoms with Crippen LogP contribution in [0, 0.1) is 0 Å². The molecule has 0 fully saturated rings. The summed E-state index contributed by atoms with van der Waals surface area (Å²) < 4.78 is 0. The molecule has 0 aliphatic carbocycles. The van der Waals surface area contributed by atoms with Crippen molar-refractivity contribution in [2.45, 2.75) is 0 Å². The van der Waals surface area contributed by atoms with Crippen molar-refractivity contribution in [1.29, 1.82) is 0 Å². The van der Waals surface area contributed by atoms with Crippen LogP contribution in [0.1, 0.15) is 11.1 Å². The topological polar surface area (TPSA) is 37.3 Å². The van der Waals surface area contributed by atoms with Gasteiger partial charge >= 0.3 is 0 Å². The molecule has 1 aliphatic heterocycles. The molecule has 21 heavy (non-hydrogen) atoms. The second-order valence-corrected chi connectivity index (χ2v) is 4.87. The first kappa shape index (κ1) is 11.9. The number of aliphatic imine (C=N–C) groups is 1. The van der Waals surface area contributed by atoms with Gasteiger partial charge in [-0.2, -0.15) is 0 Å². The highest BCUT2D eigenvalue weighted by molar-refractivity contribution is 6.18. The molecule has 0 spiro atoms. The summed E-state index contributed by atoms with van der Waals surface area (Å²) in [5.41, 5.74) is 5.09. The Morgan fingerprint density at radius 2 is 1.48 bits per heavy atom. The maximum atomic E-state index is 4.79. The lowest BCUT2D eigenvalue weighted by Crippen LogP contribution is -2.04. The van der Waals surface area contributed by atoms with Crippen LogP contribution in [-0.2, 0) is 0 Å². The van der Waals surface area contributed by atoms with E-state index in [1.54, 1.807) is 6.20 Å². The normalized spacial score (nSPS) is 12.5. The average Bonchev–Trinajstić information content (AvgIpc) is 2.72. The van der Waals surface area contributed by atoms with Crippen molar-refractivity contribution in [2.75, 3.05) is 5.32 Å². The van der Waals surface area contributed by atoms with Crippen molar-refractivity contribution in [3.8, 4) is 0 Å². The molecular formula is C18H13N3. The lowest BCUT2D eigenvalue weighted by atomic mass is 10.0. The molecule has 1 N–H and O–H groups in total. The zero-order valence-corrected chi connectivity index (χ0v) is 11.3. The third-order valence-corrected chi connectivity index (χ3v) is 3.50. The predicted molar refractivity (Wildman–Crippen MR) is 85.7 cm³/mol. The van der Waals surface area contributed by atoms with Crippen LogP contribution in [0.3, 0.4) is 0 Å². The molecule has 0 bridgehead atoms. The van der Waals surface area contributed by atoms with Crippen molar-refractivity contribution >= 4 is 22.9 Å². The van der Waals surface area contributed by atoms with Crippen LogP contribution in [0.5, 0.6) is 0 Å². The molecule has 3 aromatic rings. The van der Waals surface area contributed by atoms with Gasteiger partial charge < -0.3 is 5.32 Å². The minimum Gasteiger partial charge on any atom is -0.352 e. The maximum absolute atomic E-state index is 4.79. The summed E-state index contributed by atoms with van der Waals surface area (Å²) in [6.45, 7) is 0. The molecule has 2 heterocycles. The Labute approximate surface area is 123 Å². The number of nitrogens with zero attached hydrogens (tertiary/aromatic N) is 2. The molecular weight excluding hydrogens is 258 g/mol. The number of nitrogens with one attached hydrogen (secondary N) is 1. The summed E-state index contributed by atoms with van der Waals surface area (Å²) in [4.78, 5) is 9.18. The van der Waals surface area contributed by atoms with Crippen LogP contribution < -0.4 is 5.32 Å². The fourth-order valence-corrected chi connectivity index (χ4v) is 2.51. The second kappa shape index (κ2) is 4.87. The Kier molecular flexibility index (Phi) is 2.75. The van der Waals surface area contributed by atoms with Crippen LogP contribution in [-0.4, -0.2) is 10.7 Å². The average molecular weight is 271 g/mol. The number of para-hydroxylation sites is 1. The van der Waals surface area contributed by atoms with Crippen molar-refractivity contribution in [2.24, 2.45) is 4.99 Å². The number of fused-ring (bicyclic) bond motifs is 2. The summed E-state index contributed by atoms with van der Waals surface area (Å²) in [6, 6.07) is 22.3. The number of benzene rings is 2. The first-order valence-corrected chi connectivity index (χ1v) is 6.87. The third-order valence-electron chi connectivity index (χ3n) is 3.50. The standard InChI is InChI=1S/C18H13N3/c1-2-7-13(8-3-1)17-14-9-4-5-10-15(14)20-16-11-6-12-19-18(16)21-17/h1-12,20H. The van der Waals surface area contributed by atoms with Gasteiger partial charge in [0, 0.05) is 23.0 Å². The van der Waals surface area contributed by atoms with Crippen molar-refractivity contribution in [3.05, 3.63) is 84.1 Å². The minimum absolute atomic E-state index is 0.715. The van der Waals surface area contributed by atoms with E-state index in [1.165, 1.54) is 0 Å². The molecule has 100 valence electrons. The Morgan fingerprint density at radius 3 is 2.38 bits per heavy atom. The van der Waals surface area contributed by atoms with Gasteiger partial charge in [-0.3, -0.25) is 0 Å². The summed E-state index contributed by atoms with van der Waals surface area (Å²) in [7, 11) is 0. The van der Waals surface area contributed by atoms with E-state index < -0.39 is 0 Å². The highest BCUT2D eigenvalue weighted by Crippen LogP contribution is 2.33. The summed E-state index contributed by atoms with van der Waals surface area (Å²) in [5, 5.41) is 3.43. The van der Waals surface area contributed by atoms with Crippen LogP contribution in [0.4, 0.5) is 17.2 Å². The van der Waals surface area contributed by atoms with Gasteiger partial charge in [0.1, 0.15) is 0 Å². The highest BCUT2D eigenvalue weighted by Gasteiger charge is 2.17. The van der Waals surface area contributed by atoms with Gasteiger partial charge in [0.05, 0.1) is 11.4 Å². The fourth-order valence-electron chi connectivity index (χ4n) is 2.51. The fraction of sp³-hybridized carbons (Fsp3) is 0. The Morgan fingerprint density at radius 1 is 0.714 bits per heavy atom. The van der Waals surface area contributed by atoms with Crippen molar-refractivity contribution in [1.82, 2.24) is 4.98 Å². The molecule has 3 nitrogen and oxygen atoms in total. The summed E-state index contributed by atoms with van der Waals surface area (Å²) in [5.74, 6) is 0.715. The van der Waals surface area contributed by atoms with Gasteiger partial charge in [-0.1, -0.05) is 48.5 Å². The predicted octanol–water partition coefficient (Wildman–Crippen LogP) is 4.31. The minimum atomic E-state index is 0.715. The van der Waals surface area contributed by atoms with Gasteiger partial charge in [0.2, 0.25) is 0 Å². The number of rotatable bonds is 1. The lowest BCUT2D eigenvalue weighted by Gasteiger charge is -2.10. The van der Waals surface area contributed by atoms with Gasteiger partial charge in [-0.15, -0.1) is 0 Å². The number of anilines is 2. The van der Waals surface area contributed by atoms with Gasteiger partial charge in [0.15, 0.2) is 5.82 Å². The Hall–Kier alpha value is -2.94. The number of hydrogen-bond acceptors (Lipinski definition) is 3. The quantitative estimate of drug-likeness (QED) is 0.560. The first-order valence-electron chi connectivity index (χ1n) is 6.87. The van der Waals surface area contributed by atoms with E-state index in [9.17, 15) is 0 Å². The van der Waals surface area contributed by atoms with Crippen LogP contribution in [0.25, 0.3) is 0 Å². The Balaban J connectivity index is 2.00. The Bertz CT molecular complexity index is 823. The summed E-state index contributed by atoms with van der Waals surface area (Å²) in [6.07, 6.45) is 1.77. The molecule has 2 aromatic carbocycles.